The van der Waals surface area contributed by atoms with E-state index in [9.17, 15) is 24.2 Å². The van der Waals surface area contributed by atoms with Gasteiger partial charge in [0.1, 0.15) is 11.5 Å². The fourth-order valence-electron chi connectivity index (χ4n) is 4.41. The monoisotopic (exact) mass is 532 g/mol. The Morgan fingerprint density at radius 1 is 1.03 bits per heavy atom. The Morgan fingerprint density at radius 3 is 2.18 bits per heavy atom. The van der Waals surface area contributed by atoms with Gasteiger partial charge in [-0.2, -0.15) is 0 Å². The molecule has 0 aliphatic heterocycles. The van der Waals surface area contributed by atoms with Gasteiger partial charge in [0.15, 0.2) is 0 Å². The smallest absolute Gasteiger partial charge is 1.00 e. The van der Waals surface area contributed by atoms with Crippen LogP contribution in [0.5, 0.6) is 0 Å². The standard InChI is InChI=1S/C29H33FN2O5.Na.H/c1-4-31-29(37)28-27(19-8-6-5-7-9-19)26(20-10-12-21(30)13-11-20)24(32(28)18(2)3)15-14-22(33)16-23(34)17-25(35)36;;/h5-15,18,22-23,33-34H,4,16-17H2,1-3H3,(H,31,37)(H,35,36);;/q;+1;-1/b15-14+;;/t22-,23-;;/m1../s1. The number of rotatable bonds is 11. The third-order valence-electron chi connectivity index (χ3n) is 5.91. The first kappa shape index (κ1) is 31.5. The number of halogens is 1. The number of carboxylic acid groups (broad SMARTS) is 1. The minimum Gasteiger partial charge on any atom is -1.00 e. The predicted octanol–water partition coefficient (Wildman–Crippen LogP) is 2.01. The molecule has 0 radical (unpaired) electrons. The second kappa shape index (κ2) is 14.4. The molecule has 2 atom stereocenters. The van der Waals surface area contributed by atoms with Gasteiger partial charge in [-0.25, -0.2) is 4.39 Å². The SMILES string of the molecule is CCNC(=O)c1c(-c2ccccc2)c(-c2ccc(F)cc2)c(/C=C/[C@@H](O)C[C@@H](O)CC(=O)O)n1C(C)C.[H-].[Na+]. The van der Waals surface area contributed by atoms with E-state index in [1.807, 2.05) is 55.7 Å². The number of aliphatic hydroxyl groups excluding tert-OH is 2. The van der Waals surface area contributed by atoms with Gasteiger partial charge in [-0.1, -0.05) is 48.5 Å². The van der Waals surface area contributed by atoms with E-state index in [0.717, 1.165) is 5.56 Å². The van der Waals surface area contributed by atoms with Crippen LogP contribution in [0.25, 0.3) is 28.3 Å². The van der Waals surface area contributed by atoms with Crippen LogP contribution >= 0.6 is 0 Å². The fourth-order valence-corrected chi connectivity index (χ4v) is 4.41. The second-order valence-corrected chi connectivity index (χ2v) is 9.09. The third kappa shape index (κ3) is 7.65. The summed E-state index contributed by atoms with van der Waals surface area (Å²) in [4.78, 5) is 24.3. The molecule has 0 aliphatic rings. The van der Waals surface area contributed by atoms with E-state index in [2.05, 4.69) is 5.32 Å². The van der Waals surface area contributed by atoms with E-state index in [1.54, 1.807) is 18.2 Å². The number of aromatic nitrogens is 1. The Labute approximate surface area is 245 Å². The summed E-state index contributed by atoms with van der Waals surface area (Å²) in [7, 11) is 0. The van der Waals surface area contributed by atoms with E-state index in [-0.39, 0.29) is 49.4 Å². The topological polar surface area (TPSA) is 112 Å². The van der Waals surface area contributed by atoms with Crippen molar-refractivity contribution in [3.05, 3.63) is 77.9 Å². The molecule has 1 heterocycles. The van der Waals surface area contributed by atoms with E-state index >= 15 is 0 Å². The van der Waals surface area contributed by atoms with Crippen LogP contribution in [-0.2, 0) is 4.79 Å². The minimum atomic E-state index is -1.21. The van der Waals surface area contributed by atoms with Crippen molar-refractivity contribution in [3.63, 3.8) is 0 Å². The Bertz CT molecular complexity index is 1260. The van der Waals surface area contributed by atoms with Crippen molar-refractivity contribution in [2.45, 2.75) is 51.9 Å². The van der Waals surface area contributed by atoms with Crippen molar-refractivity contribution in [3.8, 4) is 22.3 Å². The van der Waals surface area contributed by atoms with Crippen molar-refractivity contribution < 1.29 is 60.3 Å². The zero-order chi connectivity index (χ0) is 27.1. The molecule has 4 N–H and O–H groups in total. The molecule has 3 aromatic rings. The number of hydrogen-bond acceptors (Lipinski definition) is 4. The van der Waals surface area contributed by atoms with Gasteiger partial charge in [0, 0.05) is 35.8 Å². The van der Waals surface area contributed by atoms with Crippen LogP contribution in [0.3, 0.4) is 0 Å². The molecule has 0 saturated heterocycles. The number of carbonyl (C=O) groups is 2. The van der Waals surface area contributed by atoms with Crippen molar-refractivity contribution in [1.82, 2.24) is 9.88 Å². The maximum Gasteiger partial charge on any atom is 1.00 e. The van der Waals surface area contributed by atoms with Crippen molar-refractivity contribution in [1.29, 1.82) is 0 Å². The molecule has 0 bridgehead atoms. The Balaban J connectivity index is 0.00000380. The maximum absolute atomic E-state index is 13.9. The molecule has 38 heavy (non-hydrogen) atoms. The molecule has 0 aliphatic carbocycles. The van der Waals surface area contributed by atoms with Crippen molar-refractivity contribution >= 4 is 18.0 Å². The van der Waals surface area contributed by atoms with Gasteiger partial charge < -0.3 is 26.6 Å². The van der Waals surface area contributed by atoms with E-state index in [4.69, 9.17) is 5.11 Å². The molecule has 0 fully saturated rings. The summed E-state index contributed by atoms with van der Waals surface area (Å²) in [6, 6.07) is 15.3. The number of nitrogens with one attached hydrogen (secondary N) is 1. The zero-order valence-corrected chi connectivity index (χ0v) is 24.2. The molecular formula is C29H34FN2NaO5. The maximum atomic E-state index is 13.9. The molecule has 2 aromatic carbocycles. The molecule has 0 spiro atoms. The van der Waals surface area contributed by atoms with Gasteiger partial charge in [0.25, 0.3) is 5.91 Å². The molecule has 9 heteroatoms. The Kier molecular flexibility index (Phi) is 11.9. The summed E-state index contributed by atoms with van der Waals surface area (Å²) in [6.45, 7) is 6.14. The van der Waals surface area contributed by atoms with Crippen LogP contribution in [-0.4, -0.2) is 50.5 Å². The van der Waals surface area contributed by atoms with Gasteiger partial charge in [-0.3, -0.25) is 9.59 Å². The number of nitrogens with zero attached hydrogens (tertiary/aromatic N) is 1. The summed E-state index contributed by atoms with van der Waals surface area (Å²) in [5.41, 5.74) is 3.90. The molecule has 198 valence electrons. The number of amides is 1. The van der Waals surface area contributed by atoms with Crippen LogP contribution < -0.4 is 34.9 Å². The van der Waals surface area contributed by atoms with Gasteiger partial charge >= 0.3 is 35.5 Å². The minimum absolute atomic E-state index is 0. The normalized spacial score (nSPS) is 12.8. The van der Waals surface area contributed by atoms with E-state index in [1.165, 1.54) is 18.2 Å². The average molecular weight is 533 g/mol. The summed E-state index contributed by atoms with van der Waals surface area (Å²) in [5.74, 6) is -1.82. The predicted molar refractivity (Wildman–Crippen MR) is 143 cm³/mol. The summed E-state index contributed by atoms with van der Waals surface area (Å²) in [5, 5.41) is 32.3. The third-order valence-corrected chi connectivity index (χ3v) is 5.91. The van der Waals surface area contributed by atoms with Gasteiger partial charge in [0.2, 0.25) is 0 Å². The number of aliphatic carboxylic acids is 1. The second-order valence-electron chi connectivity index (χ2n) is 9.09. The number of carboxylic acids is 1. The van der Waals surface area contributed by atoms with Crippen molar-refractivity contribution in [2.75, 3.05) is 6.54 Å². The van der Waals surface area contributed by atoms with Crippen LogP contribution in [0, 0.1) is 5.82 Å². The number of aliphatic hydroxyl groups is 2. The van der Waals surface area contributed by atoms with Gasteiger partial charge in [0.05, 0.1) is 18.6 Å². The first-order valence-corrected chi connectivity index (χ1v) is 12.3. The van der Waals surface area contributed by atoms with Gasteiger partial charge in [-0.05, 0) is 50.1 Å². The molecule has 0 saturated carbocycles. The first-order chi connectivity index (χ1) is 17.6. The molecule has 0 unspecified atom stereocenters. The average Bonchev–Trinajstić information content (AvgIpc) is 3.19. The number of hydrogen-bond donors (Lipinski definition) is 4. The van der Waals surface area contributed by atoms with E-state index < -0.39 is 30.4 Å². The molecule has 1 amide bonds. The van der Waals surface area contributed by atoms with Gasteiger partial charge in [-0.15, -0.1) is 0 Å². The summed E-state index contributed by atoms with van der Waals surface area (Å²) < 4.78 is 15.7. The number of carbonyl (C=O) groups excluding carboxylic acids is 1. The van der Waals surface area contributed by atoms with Crippen LogP contribution in [0.1, 0.15) is 57.3 Å². The van der Waals surface area contributed by atoms with E-state index in [0.29, 0.717) is 34.6 Å². The zero-order valence-electron chi connectivity index (χ0n) is 23.2. The summed E-state index contributed by atoms with van der Waals surface area (Å²) >= 11 is 0. The fraction of sp³-hybridized carbons (Fsp3) is 0.310. The molecule has 3 rings (SSSR count). The van der Waals surface area contributed by atoms with Crippen LogP contribution in [0.15, 0.2) is 60.7 Å². The Hall–Kier alpha value is -2.75. The Morgan fingerprint density at radius 2 is 1.63 bits per heavy atom. The summed E-state index contributed by atoms with van der Waals surface area (Å²) in [6.07, 6.45) is 0.170. The largest absolute Gasteiger partial charge is 1.00 e. The van der Waals surface area contributed by atoms with Crippen molar-refractivity contribution in [2.24, 2.45) is 0 Å². The van der Waals surface area contributed by atoms with Crippen LogP contribution in [0.4, 0.5) is 4.39 Å². The molecule has 7 nitrogen and oxygen atoms in total. The molecule has 1 aromatic heterocycles. The van der Waals surface area contributed by atoms with Crippen LogP contribution in [0.2, 0.25) is 0 Å². The quantitative estimate of drug-likeness (QED) is 0.283. The molecular weight excluding hydrogens is 498 g/mol. The first-order valence-electron chi connectivity index (χ1n) is 12.3. The number of benzene rings is 2.